The molecule has 2 aromatic rings. The maximum atomic E-state index is 13.5. The lowest BCUT2D eigenvalue weighted by Gasteiger charge is -2.45. The van der Waals surface area contributed by atoms with Crippen molar-refractivity contribution in [2.24, 2.45) is 5.92 Å². The summed E-state index contributed by atoms with van der Waals surface area (Å²) >= 11 is 0. The summed E-state index contributed by atoms with van der Waals surface area (Å²) in [7, 11) is 0. The van der Waals surface area contributed by atoms with Gasteiger partial charge < -0.3 is 15.2 Å². The fourth-order valence-electron chi connectivity index (χ4n) is 3.66. The van der Waals surface area contributed by atoms with Gasteiger partial charge in [0.1, 0.15) is 5.82 Å². The van der Waals surface area contributed by atoms with Crippen molar-refractivity contribution < 1.29 is 4.39 Å². The Morgan fingerprint density at radius 1 is 1.26 bits per heavy atom. The first-order chi connectivity index (χ1) is 9.22. The average molecular weight is 260 g/mol. The molecule has 1 aromatic carbocycles. The summed E-state index contributed by atoms with van der Waals surface area (Å²) in [4.78, 5) is 6.84. The van der Waals surface area contributed by atoms with Gasteiger partial charge in [-0.2, -0.15) is 0 Å². The fourth-order valence-corrected chi connectivity index (χ4v) is 3.66. The van der Waals surface area contributed by atoms with Gasteiger partial charge in [0, 0.05) is 6.54 Å². The Morgan fingerprint density at radius 2 is 2.05 bits per heavy atom. The maximum absolute atomic E-state index is 13.5. The van der Waals surface area contributed by atoms with Crippen LogP contribution in [0.5, 0.6) is 0 Å². The lowest BCUT2D eigenvalue weighted by atomic mass is 9.84. The van der Waals surface area contributed by atoms with Crippen LogP contribution >= 0.6 is 0 Å². The molecule has 100 valence electrons. The third-order valence-electron chi connectivity index (χ3n) is 4.63. The molecule has 0 amide bonds. The smallest absolute Gasteiger partial charge is 0.201 e. The van der Waals surface area contributed by atoms with Gasteiger partial charge in [-0.3, -0.25) is 0 Å². The molecule has 3 saturated heterocycles. The number of aromatic nitrogens is 2. The van der Waals surface area contributed by atoms with Crippen LogP contribution < -0.4 is 5.73 Å². The van der Waals surface area contributed by atoms with Gasteiger partial charge in [0.15, 0.2) is 0 Å². The van der Waals surface area contributed by atoms with Gasteiger partial charge in [-0.05, 0) is 50.0 Å². The van der Waals surface area contributed by atoms with E-state index in [1.165, 1.54) is 32.0 Å². The van der Waals surface area contributed by atoms with E-state index in [0.29, 0.717) is 17.9 Å². The molecule has 5 rings (SSSR count). The summed E-state index contributed by atoms with van der Waals surface area (Å²) in [5, 5.41) is 0. The molecule has 3 fully saturated rings. The molecular weight excluding hydrogens is 243 g/mol. The maximum Gasteiger partial charge on any atom is 0.201 e. The molecule has 0 radical (unpaired) electrons. The first-order valence-corrected chi connectivity index (χ1v) is 6.88. The Balaban J connectivity index is 1.86. The normalized spacial score (nSPS) is 30.1. The van der Waals surface area contributed by atoms with Gasteiger partial charge in [0.05, 0.1) is 17.1 Å². The Kier molecular flexibility index (Phi) is 2.33. The summed E-state index contributed by atoms with van der Waals surface area (Å²) in [5.41, 5.74) is 7.69. The van der Waals surface area contributed by atoms with E-state index in [4.69, 9.17) is 5.73 Å². The molecule has 0 aliphatic carbocycles. The Labute approximate surface area is 111 Å². The van der Waals surface area contributed by atoms with E-state index in [1.54, 1.807) is 12.1 Å². The van der Waals surface area contributed by atoms with Gasteiger partial charge in [0.2, 0.25) is 5.95 Å². The molecule has 3 aliphatic heterocycles. The van der Waals surface area contributed by atoms with Crippen LogP contribution in [-0.2, 0) is 0 Å². The van der Waals surface area contributed by atoms with Gasteiger partial charge >= 0.3 is 0 Å². The average Bonchev–Trinajstić information content (AvgIpc) is 2.75. The summed E-state index contributed by atoms with van der Waals surface area (Å²) in [6.45, 7) is 3.38. The van der Waals surface area contributed by atoms with Crippen molar-refractivity contribution in [3.63, 3.8) is 0 Å². The molecule has 3 aliphatic rings. The predicted octanol–water partition coefficient (Wildman–Crippen LogP) is 2.02. The summed E-state index contributed by atoms with van der Waals surface area (Å²) < 4.78 is 15.5. The number of nitrogens with two attached hydrogens (primary N) is 1. The molecule has 2 N–H and O–H groups in total. The van der Waals surface area contributed by atoms with Crippen molar-refractivity contribution in [2.45, 2.75) is 18.9 Å². The van der Waals surface area contributed by atoms with E-state index in [2.05, 4.69) is 14.5 Å². The molecular formula is C14H17FN4. The van der Waals surface area contributed by atoms with Crippen LogP contribution in [0.15, 0.2) is 18.2 Å². The molecule has 4 heterocycles. The molecule has 1 atom stereocenters. The minimum Gasteiger partial charge on any atom is -0.369 e. The number of nitrogen functional groups attached to an aromatic ring is 1. The number of anilines is 1. The van der Waals surface area contributed by atoms with E-state index in [-0.39, 0.29) is 5.82 Å². The molecule has 1 unspecified atom stereocenters. The SMILES string of the molecule is Nc1nc2ccc(F)cc2n1C1CN2CCC1CC2. The number of benzene rings is 1. The molecule has 5 heteroatoms. The lowest BCUT2D eigenvalue weighted by molar-refractivity contribution is 0.0598. The van der Waals surface area contributed by atoms with Crippen LogP contribution in [0.4, 0.5) is 10.3 Å². The number of rotatable bonds is 1. The standard InChI is InChI=1S/C14H17FN4/c15-10-1-2-11-12(7-10)19(14(16)17-11)13-8-18-5-3-9(13)4-6-18/h1-2,7,9,13H,3-6,8H2,(H2,16,17). The third kappa shape index (κ3) is 1.64. The Hall–Kier alpha value is -1.62. The molecule has 19 heavy (non-hydrogen) atoms. The summed E-state index contributed by atoms with van der Waals surface area (Å²) in [5.74, 6) is 0.933. The molecule has 0 spiro atoms. The van der Waals surface area contributed by atoms with Gasteiger partial charge in [-0.25, -0.2) is 9.37 Å². The molecule has 4 nitrogen and oxygen atoms in total. The topological polar surface area (TPSA) is 47.1 Å². The van der Waals surface area contributed by atoms with Gasteiger partial charge in [-0.15, -0.1) is 0 Å². The van der Waals surface area contributed by atoms with Crippen molar-refractivity contribution in [3.8, 4) is 0 Å². The van der Waals surface area contributed by atoms with Crippen molar-refractivity contribution in [3.05, 3.63) is 24.0 Å². The highest BCUT2D eigenvalue weighted by molar-refractivity contribution is 5.78. The number of hydrogen-bond acceptors (Lipinski definition) is 3. The van der Waals surface area contributed by atoms with Gasteiger partial charge in [-0.1, -0.05) is 0 Å². The van der Waals surface area contributed by atoms with Crippen LogP contribution in [0.1, 0.15) is 18.9 Å². The van der Waals surface area contributed by atoms with Gasteiger partial charge in [0.25, 0.3) is 0 Å². The van der Waals surface area contributed by atoms with Crippen LogP contribution in [0, 0.1) is 11.7 Å². The van der Waals surface area contributed by atoms with Crippen LogP contribution in [0.25, 0.3) is 11.0 Å². The highest BCUT2D eigenvalue weighted by atomic mass is 19.1. The number of hydrogen-bond donors (Lipinski definition) is 1. The first-order valence-electron chi connectivity index (χ1n) is 6.88. The summed E-state index contributed by atoms with van der Waals surface area (Å²) in [6, 6.07) is 5.04. The van der Waals surface area contributed by atoms with E-state index >= 15 is 0 Å². The predicted molar refractivity (Wildman–Crippen MR) is 72.3 cm³/mol. The largest absolute Gasteiger partial charge is 0.369 e. The zero-order valence-electron chi connectivity index (χ0n) is 10.7. The van der Waals surface area contributed by atoms with Crippen LogP contribution in [0.2, 0.25) is 0 Å². The second-order valence-corrected chi connectivity index (χ2v) is 5.68. The Morgan fingerprint density at radius 3 is 2.74 bits per heavy atom. The minimum absolute atomic E-state index is 0.227. The van der Waals surface area contributed by atoms with Crippen molar-refractivity contribution in [1.29, 1.82) is 0 Å². The highest BCUT2D eigenvalue weighted by Gasteiger charge is 2.36. The van der Waals surface area contributed by atoms with E-state index < -0.39 is 0 Å². The molecule has 1 aromatic heterocycles. The third-order valence-corrected chi connectivity index (χ3v) is 4.63. The quantitative estimate of drug-likeness (QED) is 0.853. The molecule has 0 saturated carbocycles. The minimum atomic E-state index is -0.227. The highest BCUT2D eigenvalue weighted by Crippen LogP contribution is 2.38. The first kappa shape index (κ1) is 11.2. The summed E-state index contributed by atoms with van der Waals surface area (Å²) in [6.07, 6.45) is 2.41. The second kappa shape index (κ2) is 3.93. The second-order valence-electron chi connectivity index (χ2n) is 5.68. The van der Waals surface area contributed by atoms with E-state index in [9.17, 15) is 4.39 Å². The monoisotopic (exact) mass is 260 g/mol. The van der Waals surface area contributed by atoms with Crippen LogP contribution in [-0.4, -0.2) is 34.1 Å². The van der Waals surface area contributed by atoms with Crippen LogP contribution in [0.3, 0.4) is 0 Å². The number of nitrogens with zero attached hydrogens (tertiary/aromatic N) is 3. The fraction of sp³-hybridized carbons (Fsp3) is 0.500. The number of piperidine rings is 3. The number of imidazole rings is 1. The van der Waals surface area contributed by atoms with E-state index in [1.807, 2.05) is 0 Å². The number of fused-ring (bicyclic) bond motifs is 4. The van der Waals surface area contributed by atoms with E-state index in [0.717, 1.165) is 17.6 Å². The number of halogens is 1. The van der Waals surface area contributed by atoms with Crippen molar-refractivity contribution >= 4 is 17.0 Å². The Bertz CT molecular complexity index is 628. The lowest BCUT2D eigenvalue weighted by Crippen LogP contribution is -2.48. The zero-order valence-corrected chi connectivity index (χ0v) is 10.7. The van der Waals surface area contributed by atoms with Crippen molar-refractivity contribution in [1.82, 2.24) is 14.5 Å². The molecule has 2 bridgehead atoms. The zero-order chi connectivity index (χ0) is 13.0. The van der Waals surface area contributed by atoms with Crippen molar-refractivity contribution in [2.75, 3.05) is 25.4 Å².